The zero-order valence-electron chi connectivity index (χ0n) is 10.6. The summed E-state index contributed by atoms with van der Waals surface area (Å²) in [6, 6.07) is 6.50. The highest BCUT2D eigenvalue weighted by Gasteiger charge is 2.10. The van der Waals surface area contributed by atoms with Gasteiger partial charge in [-0.25, -0.2) is 4.98 Å². The molecule has 1 aromatic heterocycles. The maximum absolute atomic E-state index is 12.0. The van der Waals surface area contributed by atoms with E-state index < -0.39 is 0 Å². The van der Waals surface area contributed by atoms with Crippen molar-refractivity contribution in [3.63, 3.8) is 0 Å². The van der Waals surface area contributed by atoms with Crippen LogP contribution in [0.3, 0.4) is 0 Å². The second kappa shape index (κ2) is 5.28. The molecule has 0 radical (unpaired) electrons. The van der Waals surface area contributed by atoms with Crippen molar-refractivity contribution in [2.75, 3.05) is 5.32 Å². The second-order valence-electron chi connectivity index (χ2n) is 4.27. The van der Waals surface area contributed by atoms with E-state index in [1.54, 1.807) is 31.2 Å². The Morgan fingerprint density at radius 2 is 2.00 bits per heavy atom. The van der Waals surface area contributed by atoms with Gasteiger partial charge >= 0.3 is 0 Å². The van der Waals surface area contributed by atoms with Gasteiger partial charge in [-0.3, -0.25) is 4.79 Å². The van der Waals surface area contributed by atoms with Crippen LogP contribution in [0, 0.1) is 13.8 Å². The Balaban J connectivity index is 2.24. The molecule has 2 N–H and O–H groups in total. The third kappa shape index (κ3) is 3.03. The summed E-state index contributed by atoms with van der Waals surface area (Å²) in [7, 11) is 0. The number of benzene rings is 1. The monoisotopic (exact) mass is 276 g/mol. The Hall–Kier alpha value is -2.07. The fraction of sp³-hybridized carbons (Fsp3) is 0.143. The van der Waals surface area contributed by atoms with Crippen LogP contribution >= 0.6 is 11.6 Å². The van der Waals surface area contributed by atoms with Crippen molar-refractivity contribution in [1.82, 2.24) is 4.98 Å². The third-order valence-corrected chi connectivity index (χ3v) is 2.97. The molecule has 98 valence electrons. The minimum Gasteiger partial charge on any atom is -0.508 e. The first-order valence-electron chi connectivity index (χ1n) is 5.70. The number of aryl methyl sites for hydroxylation is 2. The molecule has 1 aromatic carbocycles. The first-order chi connectivity index (χ1) is 8.97. The van der Waals surface area contributed by atoms with Crippen molar-refractivity contribution in [3.8, 4) is 5.75 Å². The average molecular weight is 277 g/mol. The summed E-state index contributed by atoms with van der Waals surface area (Å²) in [6.07, 6.45) is 1.42. The number of rotatable bonds is 2. The molecule has 2 aromatic rings. The highest BCUT2D eigenvalue weighted by molar-refractivity contribution is 6.30. The molecule has 1 heterocycles. The lowest BCUT2D eigenvalue weighted by molar-refractivity contribution is 0.102. The predicted octanol–water partition coefficient (Wildman–Crippen LogP) is 3.31. The molecule has 0 aliphatic carbocycles. The van der Waals surface area contributed by atoms with Crippen molar-refractivity contribution >= 4 is 23.2 Å². The highest BCUT2D eigenvalue weighted by atomic mass is 35.5. The van der Waals surface area contributed by atoms with Gasteiger partial charge in [-0.15, -0.1) is 0 Å². The largest absolute Gasteiger partial charge is 0.508 e. The van der Waals surface area contributed by atoms with E-state index in [9.17, 15) is 9.90 Å². The number of aromatic nitrogens is 1. The van der Waals surface area contributed by atoms with Crippen molar-refractivity contribution < 1.29 is 9.90 Å². The molecule has 0 spiro atoms. The van der Waals surface area contributed by atoms with Crippen LogP contribution in [0.4, 0.5) is 5.69 Å². The lowest BCUT2D eigenvalue weighted by Crippen LogP contribution is -2.14. The Kier molecular flexibility index (Phi) is 3.71. The van der Waals surface area contributed by atoms with Gasteiger partial charge < -0.3 is 10.4 Å². The number of amides is 1. The van der Waals surface area contributed by atoms with Crippen LogP contribution < -0.4 is 5.32 Å². The van der Waals surface area contributed by atoms with Crippen LogP contribution in [-0.4, -0.2) is 16.0 Å². The van der Waals surface area contributed by atoms with E-state index in [2.05, 4.69) is 10.3 Å². The molecule has 4 nitrogen and oxygen atoms in total. The maximum atomic E-state index is 12.0. The summed E-state index contributed by atoms with van der Waals surface area (Å²) in [5.41, 5.74) is 2.42. The molecule has 0 aliphatic heterocycles. The summed E-state index contributed by atoms with van der Waals surface area (Å²) >= 11 is 5.72. The van der Waals surface area contributed by atoms with Crippen molar-refractivity contribution in [3.05, 3.63) is 52.3 Å². The zero-order chi connectivity index (χ0) is 14.0. The van der Waals surface area contributed by atoms with Gasteiger partial charge in [0.25, 0.3) is 5.91 Å². The van der Waals surface area contributed by atoms with Crippen molar-refractivity contribution in [2.45, 2.75) is 13.8 Å². The summed E-state index contributed by atoms with van der Waals surface area (Å²) in [5.74, 6) is -0.107. The normalized spacial score (nSPS) is 10.3. The van der Waals surface area contributed by atoms with Crippen LogP contribution in [0.15, 0.2) is 30.5 Å². The zero-order valence-corrected chi connectivity index (χ0v) is 11.3. The van der Waals surface area contributed by atoms with Crippen molar-refractivity contribution in [1.29, 1.82) is 0 Å². The summed E-state index contributed by atoms with van der Waals surface area (Å²) in [4.78, 5) is 15.9. The average Bonchev–Trinajstić information content (AvgIpc) is 2.36. The molecular weight excluding hydrogens is 264 g/mol. The van der Waals surface area contributed by atoms with Crippen LogP contribution in [0.25, 0.3) is 0 Å². The number of hydrogen-bond donors (Lipinski definition) is 2. The standard InChI is InChI=1S/C14H13ClN2O2/c1-8-6-13(18)9(2)5-12(8)17-14(19)11-4-3-10(15)7-16-11/h3-7,18H,1-2H3,(H,17,19). The number of hydrogen-bond acceptors (Lipinski definition) is 3. The lowest BCUT2D eigenvalue weighted by Gasteiger charge is -2.10. The molecule has 0 saturated carbocycles. The summed E-state index contributed by atoms with van der Waals surface area (Å²) in [5, 5.41) is 12.8. The van der Waals surface area contributed by atoms with E-state index in [0.29, 0.717) is 16.3 Å². The molecular formula is C14H13ClN2O2. The Labute approximate surface area is 116 Å². The number of phenols is 1. The maximum Gasteiger partial charge on any atom is 0.274 e. The lowest BCUT2D eigenvalue weighted by atomic mass is 10.1. The van der Waals surface area contributed by atoms with Gasteiger partial charge in [-0.2, -0.15) is 0 Å². The van der Waals surface area contributed by atoms with E-state index >= 15 is 0 Å². The predicted molar refractivity (Wildman–Crippen MR) is 74.8 cm³/mol. The van der Waals surface area contributed by atoms with Crippen LogP contribution in [-0.2, 0) is 0 Å². The van der Waals surface area contributed by atoms with Gasteiger partial charge in [-0.05, 0) is 49.2 Å². The van der Waals surface area contributed by atoms with Crippen LogP contribution in [0.5, 0.6) is 5.75 Å². The van der Waals surface area contributed by atoms with Crippen molar-refractivity contribution in [2.24, 2.45) is 0 Å². The number of anilines is 1. The fourth-order valence-corrected chi connectivity index (χ4v) is 1.74. The van der Waals surface area contributed by atoms with Crippen LogP contribution in [0.1, 0.15) is 21.6 Å². The topological polar surface area (TPSA) is 62.2 Å². The molecule has 19 heavy (non-hydrogen) atoms. The molecule has 0 saturated heterocycles. The molecule has 0 atom stereocenters. The molecule has 1 amide bonds. The fourth-order valence-electron chi connectivity index (χ4n) is 1.63. The van der Waals surface area contributed by atoms with E-state index in [1.165, 1.54) is 6.20 Å². The van der Waals surface area contributed by atoms with Gasteiger partial charge in [0.2, 0.25) is 0 Å². The van der Waals surface area contributed by atoms with Gasteiger partial charge in [-0.1, -0.05) is 11.6 Å². The third-order valence-electron chi connectivity index (χ3n) is 2.75. The molecule has 2 rings (SSSR count). The number of phenolic OH excluding ortho intramolecular Hbond substituents is 1. The number of carbonyl (C=O) groups is 1. The van der Waals surface area contributed by atoms with Gasteiger partial charge in [0.1, 0.15) is 11.4 Å². The minimum absolute atomic E-state index is 0.208. The summed E-state index contributed by atoms with van der Waals surface area (Å²) < 4.78 is 0. The SMILES string of the molecule is Cc1cc(NC(=O)c2ccc(Cl)cn2)c(C)cc1O. The first-order valence-corrected chi connectivity index (χ1v) is 6.08. The Morgan fingerprint density at radius 1 is 1.26 bits per heavy atom. The minimum atomic E-state index is -0.315. The quantitative estimate of drug-likeness (QED) is 0.827. The van der Waals surface area contributed by atoms with Gasteiger partial charge in [0, 0.05) is 11.9 Å². The first kappa shape index (κ1) is 13.4. The number of halogens is 1. The van der Waals surface area contributed by atoms with E-state index in [-0.39, 0.29) is 17.4 Å². The second-order valence-corrected chi connectivity index (χ2v) is 4.71. The number of nitrogens with zero attached hydrogens (tertiary/aromatic N) is 1. The van der Waals surface area contributed by atoms with E-state index in [0.717, 1.165) is 5.56 Å². The van der Waals surface area contributed by atoms with Gasteiger partial charge in [0.05, 0.1) is 5.02 Å². The number of pyridine rings is 1. The summed E-state index contributed by atoms with van der Waals surface area (Å²) in [6.45, 7) is 3.58. The van der Waals surface area contributed by atoms with Crippen LogP contribution in [0.2, 0.25) is 5.02 Å². The molecule has 0 fully saturated rings. The molecule has 0 bridgehead atoms. The molecule has 0 unspecified atom stereocenters. The Morgan fingerprint density at radius 3 is 2.63 bits per heavy atom. The molecule has 0 aliphatic rings. The van der Waals surface area contributed by atoms with Gasteiger partial charge in [0.15, 0.2) is 0 Å². The van der Waals surface area contributed by atoms with E-state index in [1.807, 2.05) is 6.92 Å². The molecule has 5 heteroatoms. The number of nitrogens with one attached hydrogen (secondary N) is 1. The van der Waals surface area contributed by atoms with E-state index in [4.69, 9.17) is 11.6 Å². The Bertz CT molecular complexity index is 624. The number of carbonyl (C=O) groups excluding carboxylic acids is 1. The number of aromatic hydroxyl groups is 1. The highest BCUT2D eigenvalue weighted by Crippen LogP contribution is 2.25. The smallest absolute Gasteiger partial charge is 0.274 e.